The zero-order valence-corrected chi connectivity index (χ0v) is 13.2. The van der Waals surface area contributed by atoms with Gasteiger partial charge in [-0.25, -0.2) is 4.72 Å². The first-order valence-electron chi connectivity index (χ1n) is 7.95. The summed E-state index contributed by atoms with van der Waals surface area (Å²) in [7, 11) is -1.30. The molecule has 1 heterocycles. The Labute approximate surface area is 122 Å². The molecule has 1 saturated heterocycles. The number of nitrogens with one attached hydrogen (secondary N) is 2. The molecule has 0 unspecified atom stereocenters. The summed E-state index contributed by atoms with van der Waals surface area (Å²) in [4.78, 5) is 0. The molecule has 0 atom stereocenters. The summed E-state index contributed by atoms with van der Waals surface area (Å²) in [5, 5.41) is 3.18. The van der Waals surface area contributed by atoms with Gasteiger partial charge in [-0.05, 0) is 69.4 Å². The van der Waals surface area contributed by atoms with Gasteiger partial charge in [0.1, 0.15) is 0 Å². The lowest BCUT2D eigenvalue weighted by Crippen LogP contribution is -2.47. The highest BCUT2D eigenvalue weighted by atomic mass is 32.2. The summed E-state index contributed by atoms with van der Waals surface area (Å²) >= 11 is 0. The lowest BCUT2D eigenvalue weighted by atomic mass is 9.98. The lowest BCUT2D eigenvalue weighted by Gasteiger charge is -2.31. The molecule has 0 bridgehead atoms. The van der Waals surface area contributed by atoms with Gasteiger partial charge >= 0.3 is 0 Å². The van der Waals surface area contributed by atoms with E-state index in [4.69, 9.17) is 0 Å². The predicted octanol–water partition coefficient (Wildman–Crippen LogP) is 0.942. The molecular formula is C14H27N3O2S. The summed E-state index contributed by atoms with van der Waals surface area (Å²) in [6.07, 6.45) is 6.97. The van der Waals surface area contributed by atoms with Gasteiger partial charge in [0.05, 0.1) is 0 Å². The number of piperidine rings is 1. The quantitative estimate of drug-likeness (QED) is 0.736. The first kappa shape index (κ1) is 14.8. The van der Waals surface area contributed by atoms with Gasteiger partial charge in [-0.15, -0.1) is 0 Å². The fourth-order valence-corrected chi connectivity index (χ4v) is 4.90. The second-order valence-electron chi connectivity index (χ2n) is 6.86. The molecule has 0 aromatic carbocycles. The summed E-state index contributed by atoms with van der Waals surface area (Å²) in [5.74, 6) is 1.42. The van der Waals surface area contributed by atoms with Gasteiger partial charge in [0.15, 0.2) is 0 Å². The highest BCUT2D eigenvalue weighted by molar-refractivity contribution is 7.87. The maximum atomic E-state index is 12.4. The van der Waals surface area contributed by atoms with Gasteiger partial charge in [0.2, 0.25) is 0 Å². The molecule has 20 heavy (non-hydrogen) atoms. The summed E-state index contributed by atoms with van der Waals surface area (Å²) in [6.45, 7) is 2.98. The fourth-order valence-electron chi connectivity index (χ4n) is 3.55. The van der Waals surface area contributed by atoms with Crippen molar-refractivity contribution < 1.29 is 8.42 Å². The lowest BCUT2D eigenvalue weighted by molar-refractivity contribution is 0.266. The van der Waals surface area contributed by atoms with E-state index in [1.165, 1.54) is 25.7 Å². The van der Waals surface area contributed by atoms with E-state index in [9.17, 15) is 8.42 Å². The average Bonchev–Trinajstić information content (AvgIpc) is 3.29. The molecule has 3 rings (SSSR count). The molecule has 2 saturated carbocycles. The van der Waals surface area contributed by atoms with Crippen LogP contribution in [-0.4, -0.2) is 45.9 Å². The van der Waals surface area contributed by atoms with E-state index >= 15 is 0 Å². The van der Waals surface area contributed by atoms with Crippen molar-refractivity contribution in [2.24, 2.45) is 17.3 Å². The number of hydrogen-bond donors (Lipinski definition) is 2. The molecule has 0 radical (unpaired) electrons. The first-order chi connectivity index (χ1) is 9.56. The van der Waals surface area contributed by atoms with Crippen molar-refractivity contribution in [3.05, 3.63) is 0 Å². The summed E-state index contributed by atoms with van der Waals surface area (Å²) < 4.78 is 29.3. The van der Waals surface area contributed by atoms with Crippen molar-refractivity contribution in [1.82, 2.24) is 14.3 Å². The Hall–Kier alpha value is -0.170. The molecule has 1 aliphatic heterocycles. The van der Waals surface area contributed by atoms with Gasteiger partial charge in [-0.3, -0.25) is 0 Å². The molecule has 5 nitrogen and oxygen atoms in total. The van der Waals surface area contributed by atoms with Gasteiger partial charge in [-0.2, -0.15) is 12.7 Å². The third-order valence-corrected chi connectivity index (χ3v) is 6.90. The first-order valence-corrected chi connectivity index (χ1v) is 9.39. The van der Waals surface area contributed by atoms with Gasteiger partial charge < -0.3 is 5.32 Å². The molecule has 116 valence electrons. The third kappa shape index (κ3) is 3.18. The number of nitrogens with zero attached hydrogens (tertiary/aromatic N) is 1. The molecule has 6 heteroatoms. The van der Waals surface area contributed by atoms with Gasteiger partial charge in [0, 0.05) is 19.6 Å². The molecule has 0 amide bonds. The monoisotopic (exact) mass is 301 g/mol. The summed E-state index contributed by atoms with van der Waals surface area (Å²) in [5.41, 5.74) is 0.331. The largest absolute Gasteiger partial charge is 0.319 e. The highest BCUT2D eigenvalue weighted by Crippen LogP contribution is 2.60. The van der Waals surface area contributed by atoms with Crippen molar-refractivity contribution >= 4 is 10.2 Å². The number of hydrogen-bond acceptors (Lipinski definition) is 3. The van der Waals surface area contributed by atoms with Crippen LogP contribution < -0.4 is 10.0 Å². The van der Waals surface area contributed by atoms with Crippen molar-refractivity contribution in [1.29, 1.82) is 0 Å². The Morgan fingerprint density at radius 3 is 2.30 bits per heavy atom. The van der Waals surface area contributed by atoms with Gasteiger partial charge in [0.25, 0.3) is 10.2 Å². The van der Waals surface area contributed by atoms with Crippen molar-refractivity contribution in [2.45, 2.75) is 38.5 Å². The predicted molar refractivity (Wildman–Crippen MR) is 79.5 cm³/mol. The molecule has 3 fully saturated rings. The Kier molecular flexibility index (Phi) is 4.10. The Bertz CT molecular complexity index is 435. The minimum atomic E-state index is -3.26. The normalized spacial score (nSPS) is 27.6. The Morgan fingerprint density at radius 1 is 1.15 bits per heavy atom. The standard InChI is InChI=1S/C14H27N3O2S/c1-15-10-12-4-8-17(9-5-12)20(18,19)16-11-14(6-7-14)13-2-3-13/h12-13,15-16H,2-11H2,1H3. The van der Waals surface area contributed by atoms with Crippen molar-refractivity contribution in [3.63, 3.8) is 0 Å². The van der Waals surface area contributed by atoms with Crippen LogP contribution >= 0.6 is 0 Å². The van der Waals surface area contributed by atoms with E-state index < -0.39 is 10.2 Å². The van der Waals surface area contributed by atoms with Gasteiger partial charge in [-0.1, -0.05) is 0 Å². The molecule has 2 aliphatic carbocycles. The minimum Gasteiger partial charge on any atom is -0.319 e. The second-order valence-corrected chi connectivity index (χ2v) is 8.62. The van der Waals surface area contributed by atoms with Crippen LogP contribution in [0.5, 0.6) is 0 Å². The molecule has 3 aliphatic rings. The van der Waals surface area contributed by atoms with Crippen LogP contribution in [0.25, 0.3) is 0 Å². The van der Waals surface area contributed by atoms with Crippen LogP contribution in [0.1, 0.15) is 38.5 Å². The molecular weight excluding hydrogens is 274 g/mol. The SMILES string of the molecule is CNCC1CCN(S(=O)(=O)NCC2(C3CC3)CC2)CC1. The van der Waals surface area contributed by atoms with Crippen LogP contribution in [0.4, 0.5) is 0 Å². The fraction of sp³-hybridized carbons (Fsp3) is 1.00. The zero-order chi connectivity index (χ0) is 14.2. The maximum absolute atomic E-state index is 12.4. The average molecular weight is 301 g/mol. The summed E-state index contributed by atoms with van der Waals surface area (Å²) in [6, 6.07) is 0. The van der Waals surface area contributed by atoms with E-state index in [2.05, 4.69) is 10.0 Å². The molecule has 0 aromatic heterocycles. The van der Waals surface area contributed by atoms with Crippen LogP contribution in [0, 0.1) is 17.3 Å². The van der Waals surface area contributed by atoms with E-state index in [0.717, 1.165) is 25.3 Å². The van der Waals surface area contributed by atoms with Crippen LogP contribution in [0.3, 0.4) is 0 Å². The molecule has 0 aromatic rings. The number of rotatable bonds is 7. The van der Waals surface area contributed by atoms with Crippen LogP contribution in [0.15, 0.2) is 0 Å². The molecule has 2 N–H and O–H groups in total. The van der Waals surface area contributed by atoms with Crippen molar-refractivity contribution in [2.75, 3.05) is 33.2 Å². The third-order valence-electron chi connectivity index (χ3n) is 5.35. The Morgan fingerprint density at radius 2 is 1.80 bits per heavy atom. The maximum Gasteiger partial charge on any atom is 0.279 e. The van der Waals surface area contributed by atoms with E-state index in [0.29, 0.717) is 31.0 Å². The topological polar surface area (TPSA) is 61.4 Å². The van der Waals surface area contributed by atoms with E-state index in [1.807, 2.05) is 7.05 Å². The van der Waals surface area contributed by atoms with E-state index in [1.54, 1.807) is 4.31 Å². The van der Waals surface area contributed by atoms with Crippen LogP contribution in [-0.2, 0) is 10.2 Å². The van der Waals surface area contributed by atoms with Crippen molar-refractivity contribution in [3.8, 4) is 0 Å². The minimum absolute atomic E-state index is 0.331. The highest BCUT2D eigenvalue weighted by Gasteiger charge is 2.53. The second kappa shape index (κ2) is 5.55. The smallest absolute Gasteiger partial charge is 0.279 e. The zero-order valence-electron chi connectivity index (χ0n) is 12.4. The Balaban J connectivity index is 1.48. The molecule has 0 spiro atoms. The van der Waals surface area contributed by atoms with Crippen LogP contribution in [0.2, 0.25) is 0 Å². The van der Waals surface area contributed by atoms with E-state index in [-0.39, 0.29) is 0 Å².